The summed E-state index contributed by atoms with van der Waals surface area (Å²) in [6.07, 6.45) is 2.01. The van der Waals surface area contributed by atoms with Crippen LogP contribution in [0.25, 0.3) is 0 Å². The average Bonchev–Trinajstić information content (AvgIpc) is 3.26. The van der Waals surface area contributed by atoms with E-state index in [9.17, 15) is 18.0 Å². The van der Waals surface area contributed by atoms with Gasteiger partial charge in [0.2, 0.25) is 0 Å². The summed E-state index contributed by atoms with van der Waals surface area (Å²) in [4.78, 5) is 18.1. The van der Waals surface area contributed by atoms with Gasteiger partial charge >= 0.3 is 6.36 Å². The van der Waals surface area contributed by atoms with Crippen LogP contribution in [0.3, 0.4) is 0 Å². The average molecular weight is 510 g/mol. The summed E-state index contributed by atoms with van der Waals surface area (Å²) in [5.41, 5.74) is 6.77. The van der Waals surface area contributed by atoms with E-state index in [2.05, 4.69) is 44.2 Å². The molecule has 194 valence electrons. The lowest BCUT2D eigenvalue weighted by atomic mass is 9.56. The molecule has 1 aromatic heterocycles. The molecule has 2 heterocycles. The standard InChI is InChI=1S/C29H30F3N3O2/c30-29(31,32)37-24-11-9-23(10-12-24)35-17-28(18-35)14-22(15-28)20-7-5-19(6-8-20)16-33-27(36)26-13-21-3-1-2-4-25(21)34-26/h5-13,22,34H,1-4,14-18H2,(H,33,36). The number of nitrogens with one attached hydrogen (secondary N) is 2. The van der Waals surface area contributed by atoms with Crippen molar-refractivity contribution in [3.05, 3.63) is 82.7 Å². The van der Waals surface area contributed by atoms with E-state index >= 15 is 0 Å². The lowest BCUT2D eigenvalue weighted by Gasteiger charge is -2.60. The van der Waals surface area contributed by atoms with Gasteiger partial charge in [-0.3, -0.25) is 4.79 Å². The summed E-state index contributed by atoms with van der Waals surface area (Å²) in [5.74, 6) is 0.274. The van der Waals surface area contributed by atoms with Gasteiger partial charge in [0.1, 0.15) is 11.4 Å². The number of ether oxygens (including phenoxy) is 1. The van der Waals surface area contributed by atoms with Crippen LogP contribution in [0.5, 0.6) is 5.75 Å². The highest BCUT2D eigenvalue weighted by Gasteiger charge is 2.52. The van der Waals surface area contributed by atoms with Crippen molar-refractivity contribution in [1.82, 2.24) is 10.3 Å². The van der Waals surface area contributed by atoms with E-state index < -0.39 is 6.36 Å². The highest BCUT2D eigenvalue weighted by atomic mass is 19.4. The molecule has 2 N–H and O–H groups in total. The Balaban J connectivity index is 0.965. The Morgan fingerprint density at radius 1 is 1.03 bits per heavy atom. The first-order chi connectivity index (χ1) is 17.8. The van der Waals surface area contributed by atoms with Gasteiger partial charge < -0.3 is 19.9 Å². The van der Waals surface area contributed by atoms with Crippen molar-refractivity contribution in [2.45, 2.75) is 57.3 Å². The fourth-order valence-electron chi connectivity index (χ4n) is 6.20. The predicted molar refractivity (Wildman–Crippen MR) is 135 cm³/mol. The van der Waals surface area contributed by atoms with Gasteiger partial charge in [-0.15, -0.1) is 13.2 Å². The first-order valence-electron chi connectivity index (χ1n) is 12.9. The van der Waals surface area contributed by atoms with E-state index in [1.807, 2.05) is 6.07 Å². The van der Waals surface area contributed by atoms with Crippen LogP contribution in [0.1, 0.15) is 64.5 Å². The van der Waals surface area contributed by atoms with E-state index in [0.29, 0.717) is 23.6 Å². The maximum absolute atomic E-state index is 12.6. The maximum Gasteiger partial charge on any atom is 0.573 e. The predicted octanol–water partition coefficient (Wildman–Crippen LogP) is 6.11. The number of fused-ring (bicyclic) bond motifs is 1. The molecule has 1 amide bonds. The van der Waals surface area contributed by atoms with Crippen LogP contribution in [-0.4, -0.2) is 30.3 Å². The molecule has 37 heavy (non-hydrogen) atoms. The Morgan fingerprint density at radius 2 is 1.73 bits per heavy atom. The third kappa shape index (κ3) is 5.06. The van der Waals surface area contributed by atoms with Gasteiger partial charge in [-0.1, -0.05) is 24.3 Å². The first-order valence-corrected chi connectivity index (χ1v) is 12.9. The number of aryl methyl sites for hydroxylation is 2. The molecule has 6 rings (SSSR count). The highest BCUT2D eigenvalue weighted by molar-refractivity contribution is 5.92. The molecule has 0 atom stereocenters. The third-order valence-corrected chi connectivity index (χ3v) is 8.11. The van der Waals surface area contributed by atoms with Crippen LogP contribution >= 0.6 is 0 Å². The van der Waals surface area contributed by atoms with Crippen molar-refractivity contribution in [2.75, 3.05) is 18.0 Å². The molecule has 2 aliphatic carbocycles. The van der Waals surface area contributed by atoms with Crippen LogP contribution in [0.15, 0.2) is 54.6 Å². The minimum Gasteiger partial charge on any atom is -0.406 e. The fraction of sp³-hybridized carbons (Fsp3) is 0.414. The normalized spacial score (nSPS) is 18.6. The van der Waals surface area contributed by atoms with Crippen molar-refractivity contribution in [1.29, 1.82) is 0 Å². The van der Waals surface area contributed by atoms with E-state index in [0.717, 1.165) is 50.0 Å². The summed E-state index contributed by atoms with van der Waals surface area (Å²) in [6, 6.07) is 16.6. The van der Waals surface area contributed by atoms with Gasteiger partial charge in [0, 0.05) is 36.4 Å². The number of anilines is 1. The van der Waals surface area contributed by atoms with Crippen LogP contribution in [0, 0.1) is 5.41 Å². The molecule has 1 spiro atoms. The molecule has 3 aliphatic rings. The van der Waals surface area contributed by atoms with E-state index in [4.69, 9.17) is 0 Å². The topological polar surface area (TPSA) is 57.4 Å². The number of H-pyrrole nitrogens is 1. The van der Waals surface area contributed by atoms with Crippen molar-refractivity contribution in [3.63, 3.8) is 0 Å². The zero-order chi connectivity index (χ0) is 25.6. The second kappa shape index (κ2) is 9.15. The number of halogens is 3. The van der Waals surface area contributed by atoms with Gasteiger partial charge in [0.05, 0.1) is 0 Å². The lowest BCUT2D eigenvalue weighted by Crippen LogP contribution is -2.61. The third-order valence-electron chi connectivity index (χ3n) is 8.11. The number of aromatic nitrogens is 1. The second-order valence-corrected chi connectivity index (χ2v) is 10.8. The first kappa shape index (κ1) is 23.9. The zero-order valence-electron chi connectivity index (χ0n) is 20.5. The van der Waals surface area contributed by atoms with Crippen molar-refractivity contribution in [2.24, 2.45) is 5.41 Å². The smallest absolute Gasteiger partial charge is 0.406 e. The summed E-state index contributed by atoms with van der Waals surface area (Å²) in [7, 11) is 0. The van der Waals surface area contributed by atoms with Crippen LogP contribution in [0.2, 0.25) is 0 Å². The largest absolute Gasteiger partial charge is 0.573 e. The highest BCUT2D eigenvalue weighted by Crippen LogP contribution is 2.56. The minimum absolute atomic E-state index is 0.0588. The Kier molecular flexibility index (Phi) is 5.92. The Hall–Kier alpha value is -3.42. The fourth-order valence-corrected chi connectivity index (χ4v) is 6.20. The van der Waals surface area contributed by atoms with Crippen molar-refractivity contribution >= 4 is 11.6 Å². The molecule has 2 aromatic carbocycles. The molecule has 1 saturated heterocycles. The summed E-state index contributed by atoms with van der Waals surface area (Å²) < 4.78 is 41.0. The molecule has 3 aromatic rings. The van der Waals surface area contributed by atoms with Crippen LogP contribution < -0.4 is 15.0 Å². The summed E-state index contributed by atoms with van der Waals surface area (Å²) in [6.45, 7) is 2.35. The summed E-state index contributed by atoms with van der Waals surface area (Å²) in [5, 5.41) is 3.03. The molecule has 0 radical (unpaired) electrons. The number of carbonyl (C=O) groups is 1. The lowest BCUT2D eigenvalue weighted by molar-refractivity contribution is -0.274. The Morgan fingerprint density at radius 3 is 2.41 bits per heavy atom. The number of alkyl halides is 3. The molecule has 5 nitrogen and oxygen atoms in total. The molecular formula is C29H30F3N3O2. The molecule has 0 bridgehead atoms. The SMILES string of the molecule is O=C(NCc1ccc(C2CC3(C2)CN(c2ccc(OC(F)(F)F)cc2)C3)cc1)c1cc2c([nH]1)CCCC2. The van der Waals surface area contributed by atoms with E-state index in [-0.39, 0.29) is 11.7 Å². The molecule has 1 aliphatic heterocycles. The quantitative estimate of drug-likeness (QED) is 0.422. The van der Waals surface area contributed by atoms with Crippen LogP contribution in [-0.2, 0) is 19.4 Å². The molecular weight excluding hydrogens is 479 g/mol. The van der Waals surface area contributed by atoms with Gasteiger partial charge in [-0.25, -0.2) is 0 Å². The second-order valence-electron chi connectivity index (χ2n) is 10.8. The van der Waals surface area contributed by atoms with Crippen molar-refractivity contribution in [3.8, 4) is 5.75 Å². The Bertz CT molecular complexity index is 1240. The minimum atomic E-state index is -4.67. The zero-order valence-corrected chi connectivity index (χ0v) is 20.5. The van der Waals surface area contributed by atoms with Gasteiger partial charge in [-0.05, 0) is 91.5 Å². The number of benzene rings is 2. The monoisotopic (exact) mass is 509 g/mol. The molecule has 2 fully saturated rings. The molecule has 8 heteroatoms. The number of aromatic amines is 1. The number of hydrogen-bond donors (Lipinski definition) is 2. The van der Waals surface area contributed by atoms with Gasteiger partial charge in [0.15, 0.2) is 0 Å². The number of amides is 1. The van der Waals surface area contributed by atoms with E-state index in [1.165, 1.54) is 41.8 Å². The maximum atomic E-state index is 12.6. The van der Waals surface area contributed by atoms with Crippen molar-refractivity contribution < 1.29 is 22.7 Å². The number of hydrogen-bond acceptors (Lipinski definition) is 3. The molecule has 1 saturated carbocycles. The summed E-state index contributed by atoms with van der Waals surface area (Å²) >= 11 is 0. The van der Waals surface area contributed by atoms with Gasteiger partial charge in [-0.2, -0.15) is 0 Å². The Labute approximate surface area is 214 Å². The van der Waals surface area contributed by atoms with E-state index in [1.54, 1.807) is 12.1 Å². The van der Waals surface area contributed by atoms with Crippen LogP contribution in [0.4, 0.5) is 18.9 Å². The molecule has 0 unspecified atom stereocenters. The van der Waals surface area contributed by atoms with Gasteiger partial charge in [0.25, 0.3) is 5.91 Å². The number of carbonyl (C=O) groups excluding carboxylic acids is 1. The number of rotatable bonds is 6. The number of nitrogens with zero attached hydrogens (tertiary/aromatic N) is 1.